The molecule has 1 aromatic heterocycles. The molecule has 0 N–H and O–H groups in total. The van der Waals surface area contributed by atoms with E-state index in [0.29, 0.717) is 17.7 Å². The molecule has 0 saturated carbocycles. The first-order valence-electron chi connectivity index (χ1n) is 6.49. The average Bonchev–Trinajstić information content (AvgIpc) is 2.54. The summed E-state index contributed by atoms with van der Waals surface area (Å²) in [6, 6.07) is 10.3. The van der Waals surface area contributed by atoms with E-state index < -0.39 is 0 Å². The Morgan fingerprint density at radius 1 is 1.27 bits per heavy atom. The van der Waals surface area contributed by atoms with E-state index >= 15 is 0 Å². The Balaban J connectivity index is 2.17. The van der Waals surface area contributed by atoms with Crippen molar-refractivity contribution in [3.63, 3.8) is 0 Å². The minimum atomic E-state index is -0.356. The molecule has 0 fully saturated rings. The third-order valence-corrected chi connectivity index (χ3v) is 2.98. The quantitative estimate of drug-likeness (QED) is 0.631. The van der Waals surface area contributed by atoms with Crippen molar-refractivity contribution < 1.29 is 9.53 Å². The number of hydrogen-bond donors (Lipinski definition) is 0. The molecular weight excluding hydrogens is 300 g/mol. The lowest BCUT2D eigenvalue weighted by Gasteiger charge is -2.00. The summed E-state index contributed by atoms with van der Waals surface area (Å²) in [7, 11) is 0. The lowest BCUT2D eigenvalue weighted by atomic mass is 10.1. The van der Waals surface area contributed by atoms with Gasteiger partial charge in [0.2, 0.25) is 0 Å². The molecule has 2 aromatic rings. The van der Waals surface area contributed by atoms with E-state index in [0.717, 1.165) is 5.56 Å². The number of carbonyl (C=O) groups is 1. The fourth-order valence-corrected chi connectivity index (χ4v) is 1.85. The van der Waals surface area contributed by atoms with Gasteiger partial charge in [0.25, 0.3) is 0 Å². The van der Waals surface area contributed by atoms with Crippen LogP contribution in [0.3, 0.4) is 0 Å². The molecule has 0 radical (unpaired) electrons. The van der Waals surface area contributed by atoms with E-state index in [1.807, 2.05) is 6.07 Å². The summed E-state index contributed by atoms with van der Waals surface area (Å²) in [5.74, 6) is 5.49. The second-order valence-electron chi connectivity index (χ2n) is 4.21. The minimum absolute atomic E-state index is 0.172. The van der Waals surface area contributed by atoms with Crippen LogP contribution in [0.1, 0.15) is 34.1 Å². The van der Waals surface area contributed by atoms with E-state index in [9.17, 15) is 4.79 Å². The maximum absolute atomic E-state index is 11.5. The van der Waals surface area contributed by atoms with E-state index in [4.69, 9.17) is 21.6 Å². The number of hydrogen-bond acceptors (Lipinski definition) is 4. The van der Waals surface area contributed by atoms with E-state index in [1.165, 1.54) is 6.20 Å². The molecular formula is C17H11ClN2O2. The monoisotopic (exact) mass is 310 g/mol. The van der Waals surface area contributed by atoms with Gasteiger partial charge in [-0.2, -0.15) is 5.26 Å². The maximum Gasteiger partial charge on any atom is 0.338 e. The number of nitrogens with zero attached hydrogens (tertiary/aromatic N) is 2. The topological polar surface area (TPSA) is 63.0 Å². The highest BCUT2D eigenvalue weighted by atomic mass is 35.5. The summed E-state index contributed by atoms with van der Waals surface area (Å²) >= 11 is 5.89. The standard InChI is InChI=1S/C17H11ClN2O2/c1-2-22-17(21)14-7-5-12(6-8-14)3-4-13-9-15(18)16(10-19)20-11-13/h5-9,11H,2H2,1H3. The molecule has 4 nitrogen and oxygen atoms in total. The van der Waals surface area contributed by atoms with Crippen LogP contribution < -0.4 is 0 Å². The molecule has 5 heteroatoms. The van der Waals surface area contributed by atoms with Crippen LogP contribution in [0.5, 0.6) is 0 Å². The molecule has 1 aromatic carbocycles. The molecule has 2 rings (SSSR count). The first-order chi connectivity index (χ1) is 10.6. The minimum Gasteiger partial charge on any atom is -0.462 e. The van der Waals surface area contributed by atoms with Crippen LogP contribution in [0.15, 0.2) is 36.5 Å². The van der Waals surface area contributed by atoms with Crippen molar-refractivity contribution in [3.8, 4) is 17.9 Å². The van der Waals surface area contributed by atoms with Gasteiger partial charge in [0.15, 0.2) is 5.69 Å². The number of pyridine rings is 1. The highest BCUT2D eigenvalue weighted by Gasteiger charge is 2.04. The fourth-order valence-electron chi connectivity index (χ4n) is 1.64. The highest BCUT2D eigenvalue weighted by Crippen LogP contribution is 2.13. The molecule has 0 aliphatic heterocycles. The Hall–Kier alpha value is -2.82. The van der Waals surface area contributed by atoms with Gasteiger partial charge in [-0.05, 0) is 37.3 Å². The van der Waals surface area contributed by atoms with E-state index in [1.54, 1.807) is 37.3 Å². The van der Waals surface area contributed by atoms with Crippen LogP contribution in [0.4, 0.5) is 0 Å². The average molecular weight is 311 g/mol. The zero-order chi connectivity index (χ0) is 15.9. The molecule has 0 bridgehead atoms. The number of halogens is 1. The summed E-state index contributed by atoms with van der Waals surface area (Å²) < 4.78 is 4.91. The molecule has 0 amide bonds. The molecule has 0 atom stereocenters. The zero-order valence-corrected chi connectivity index (χ0v) is 12.5. The number of ether oxygens (including phenoxy) is 1. The first kappa shape index (κ1) is 15.6. The van der Waals surface area contributed by atoms with Gasteiger partial charge in [0.05, 0.1) is 17.2 Å². The summed E-state index contributed by atoms with van der Waals surface area (Å²) in [5, 5.41) is 9.03. The zero-order valence-electron chi connectivity index (χ0n) is 11.8. The summed E-state index contributed by atoms with van der Waals surface area (Å²) in [5.41, 5.74) is 2.01. The molecule has 1 heterocycles. The molecule has 0 aliphatic carbocycles. The van der Waals surface area contributed by atoms with Crippen molar-refractivity contribution in [2.75, 3.05) is 6.61 Å². The van der Waals surface area contributed by atoms with Gasteiger partial charge in [0, 0.05) is 17.3 Å². The van der Waals surface area contributed by atoms with Crippen LogP contribution in [-0.4, -0.2) is 17.6 Å². The summed E-state index contributed by atoms with van der Waals surface area (Å²) in [6.07, 6.45) is 1.49. The third kappa shape index (κ3) is 3.85. The second-order valence-corrected chi connectivity index (χ2v) is 4.62. The van der Waals surface area contributed by atoms with Crippen LogP contribution in [0.2, 0.25) is 5.02 Å². The first-order valence-corrected chi connectivity index (χ1v) is 6.86. The summed E-state index contributed by atoms with van der Waals surface area (Å²) in [4.78, 5) is 15.4. The molecule has 22 heavy (non-hydrogen) atoms. The Kier molecular flexibility index (Phi) is 5.14. The fraction of sp³-hybridized carbons (Fsp3) is 0.118. The van der Waals surface area contributed by atoms with Gasteiger partial charge in [-0.1, -0.05) is 23.4 Å². The normalized spacial score (nSPS) is 9.32. The molecule has 0 spiro atoms. The van der Waals surface area contributed by atoms with Crippen molar-refractivity contribution in [1.82, 2.24) is 4.98 Å². The highest BCUT2D eigenvalue weighted by molar-refractivity contribution is 6.31. The predicted octanol–water partition coefficient (Wildman–Crippen LogP) is 3.18. The van der Waals surface area contributed by atoms with Crippen LogP contribution in [-0.2, 0) is 4.74 Å². The lowest BCUT2D eigenvalue weighted by Crippen LogP contribution is -2.04. The van der Waals surface area contributed by atoms with E-state index in [2.05, 4.69) is 16.8 Å². The number of esters is 1. The molecule has 0 aliphatic rings. The largest absolute Gasteiger partial charge is 0.462 e. The lowest BCUT2D eigenvalue weighted by molar-refractivity contribution is 0.0526. The number of rotatable bonds is 2. The number of aromatic nitrogens is 1. The van der Waals surface area contributed by atoms with Gasteiger partial charge in [0.1, 0.15) is 6.07 Å². The molecule has 0 unspecified atom stereocenters. The van der Waals surface area contributed by atoms with Crippen molar-refractivity contribution in [2.45, 2.75) is 6.92 Å². The predicted molar refractivity (Wildman–Crippen MR) is 82.3 cm³/mol. The number of benzene rings is 1. The van der Waals surface area contributed by atoms with E-state index in [-0.39, 0.29) is 16.7 Å². The molecule has 108 valence electrons. The SMILES string of the molecule is CCOC(=O)c1ccc(C#Cc2cnc(C#N)c(Cl)c2)cc1. The van der Waals surface area contributed by atoms with Crippen molar-refractivity contribution in [2.24, 2.45) is 0 Å². The Morgan fingerprint density at radius 2 is 1.95 bits per heavy atom. The van der Waals surface area contributed by atoms with Gasteiger partial charge in [-0.3, -0.25) is 0 Å². The Morgan fingerprint density at radius 3 is 2.55 bits per heavy atom. The second kappa shape index (κ2) is 7.26. The van der Waals surface area contributed by atoms with Gasteiger partial charge in [-0.15, -0.1) is 0 Å². The van der Waals surface area contributed by atoms with Crippen molar-refractivity contribution in [3.05, 3.63) is 63.9 Å². The smallest absolute Gasteiger partial charge is 0.338 e. The van der Waals surface area contributed by atoms with Gasteiger partial charge >= 0.3 is 5.97 Å². The van der Waals surface area contributed by atoms with Crippen molar-refractivity contribution >= 4 is 17.6 Å². The van der Waals surface area contributed by atoms with Crippen LogP contribution >= 0.6 is 11.6 Å². The Bertz CT molecular complexity index is 796. The number of carbonyl (C=O) groups excluding carboxylic acids is 1. The molecule has 0 saturated heterocycles. The number of nitriles is 1. The maximum atomic E-state index is 11.5. The van der Waals surface area contributed by atoms with Crippen LogP contribution in [0.25, 0.3) is 0 Å². The van der Waals surface area contributed by atoms with Crippen LogP contribution in [0, 0.1) is 23.2 Å². The van der Waals surface area contributed by atoms with Gasteiger partial charge < -0.3 is 4.74 Å². The third-order valence-electron chi connectivity index (χ3n) is 2.69. The van der Waals surface area contributed by atoms with Gasteiger partial charge in [-0.25, -0.2) is 9.78 Å². The summed E-state index contributed by atoms with van der Waals surface area (Å²) in [6.45, 7) is 2.10. The van der Waals surface area contributed by atoms with Crippen molar-refractivity contribution in [1.29, 1.82) is 5.26 Å². The Labute approximate surface area is 133 Å².